The van der Waals surface area contributed by atoms with Gasteiger partial charge < -0.3 is 9.88 Å². The van der Waals surface area contributed by atoms with Gasteiger partial charge in [-0.3, -0.25) is 4.98 Å². The lowest BCUT2D eigenvalue weighted by atomic mass is 10.1. The molecule has 2 aromatic heterocycles. The number of pyridine rings is 1. The number of para-hydroxylation sites is 1. The van der Waals surface area contributed by atoms with Gasteiger partial charge in [0.25, 0.3) is 0 Å². The molecule has 0 spiro atoms. The van der Waals surface area contributed by atoms with Crippen LogP contribution in [-0.4, -0.2) is 14.5 Å². The highest BCUT2D eigenvalue weighted by Crippen LogP contribution is 2.16. The first-order valence-electron chi connectivity index (χ1n) is 5.88. The molecular formula is C14H14N4. The number of nitrogens with one attached hydrogen (secondary N) is 1. The van der Waals surface area contributed by atoms with Gasteiger partial charge in [0.1, 0.15) is 0 Å². The van der Waals surface area contributed by atoms with Gasteiger partial charge in [-0.05, 0) is 11.6 Å². The van der Waals surface area contributed by atoms with Crippen molar-refractivity contribution in [3.05, 3.63) is 54.5 Å². The maximum absolute atomic E-state index is 4.44. The van der Waals surface area contributed by atoms with Gasteiger partial charge in [0.05, 0.1) is 5.52 Å². The van der Waals surface area contributed by atoms with Gasteiger partial charge >= 0.3 is 0 Å². The SMILES string of the molecule is Cn1ccnc1NCc1cccc2cccnc12. The fourth-order valence-electron chi connectivity index (χ4n) is 2.02. The second-order valence-corrected chi connectivity index (χ2v) is 4.21. The third kappa shape index (κ3) is 1.93. The average Bonchev–Trinajstić information content (AvgIpc) is 2.82. The standard InChI is InChI=1S/C14H14N4/c1-18-9-8-16-14(18)17-10-12-5-2-4-11-6-3-7-15-13(11)12/h2-9H,10H2,1H3,(H,16,17). The van der Waals surface area contributed by atoms with Crippen LogP contribution in [0.25, 0.3) is 10.9 Å². The molecular weight excluding hydrogens is 224 g/mol. The molecule has 1 aromatic carbocycles. The van der Waals surface area contributed by atoms with E-state index in [0.29, 0.717) is 0 Å². The molecule has 4 heteroatoms. The summed E-state index contributed by atoms with van der Waals surface area (Å²) in [6.45, 7) is 0.721. The maximum Gasteiger partial charge on any atom is 0.202 e. The van der Waals surface area contributed by atoms with Crippen molar-refractivity contribution < 1.29 is 0 Å². The van der Waals surface area contributed by atoms with Crippen LogP contribution < -0.4 is 5.32 Å². The number of hydrogen-bond donors (Lipinski definition) is 1. The van der Waals surface area contributed by atoms with E-state index in [0.717, 1.165) is 23.4 Å². The first-order chi connectivity index (χ1) is 8.84. The molecule has 0 aliphatic rings. The van der Waals surface area contributed by atoms with Gasteiger partial charge in [0.2, 0.25) is 5.95 Å². The lowest BCUT2D eigenvalue weighted by molar-refractivity contribution is 0.901. The van der Waals surface area contributed by atoms with Crippen LogP contribution in [0.5, 0.6) is 0 Å². The minimum Gasteiger partial charge on any atom is -0.352 e. The number of imidazole rings is 1. The second-order valence-electron chi connectivity index (χ2n) is 4.21. The molecule has 0 amide bonds. The summed E-state index contributed by atoms with van der Waals surface area (Å²) in [4.78, 5) is 8.68. The molecule has 90 valence electrons. The molecule has 3 aromatic rings. The van der Waals surface area contributed by atoms with E-state index < -0.39 is 0 Å². The molecule has 0 bridgehead atoms. The van der Waals surface area contributed by atoms with Gasteiger partial charge in [0.15, 0.2) is 0 Å². The average molecular weight is 238 g/mol. The molecule has 0 saturated heterocycles. The first kappa shape index (κ1) is 10.8. The Hall–Kier alpha value is -2.36. The van der Waals surface area contributed by atoms with Crippen LogP contribution in [0.15, 0.2) is 48.9 Å². The third-order valence-electron chi connectivity index (χ3n) is 2.97. The lowest BCUT2D eigenvalue weighted by Crippen LogP contribution is -2.05. The van der Waals surface area contributed by atoms with Crippen molar-refractivity contribution >= 4 is 16.9 Å². The molecule has 2 heterocycles. The summed E-state index contributed by atoms with van der Waals surface area (Å²) in [5.41, 5.74) is 2.22. The van der Waals surface area contributed by atoms with Crippen LogP contribution in [0.4, 0.5) is 5.95 Å². The number of aromatic nitrogens is 3. The summed E-state index contributed by atoms with van der Waals surface area (Å²) in [5.74, 6) is 0.864. The van der Waals surface area contributed by atoms with Crippen molar-refractivity contribution in [3.63, 3.8) is 0 Å². The fourth-order valence-corrected chi connectivity index (χ4v) is 2.02. The molecule has 0 unspecified atom stereocenters. The summed E-state index contributed by atoms with van der Waals surface area (Å²) in [6, 6.07) is 10.3. The molecule has 18 heavy (non-hydrogen) atoms. The van der Waals surface area contributed by atoms with Crippen molar-refractivity contribution in [1.29, 1.82) is 0 Å². The van der Waals surface area contributed by atoms with Crippen LogP contribution in [0.3, 0.4) is 0 Å². The molecule has 0 atom stereocenters. The van der Waals surface area contributed by atoms with E-state index in [9.17, 15) is 0 Å². The van der Waals surface area contributed by atoms with Crippen molar-refractivity contribution in [2.75, 3.05) is 5.32 Å². The van der Waals surface area contributed by atoms with Crippen LogP contribution in [0, 0.1) is 0 Å². The Labute approximate surface area is 105 Å². The smallest absolute Gasteiger partial charge is 0.202 e. The Morgan fingerprint density at radius 3 is 2.83 bits per heavy atom. The monoisotopic (exact) mass is 238 g/mol. The second kappa shape index (κ2) is 4.49. The van der Waals surface area contributed by atoms with Gasteiger partial charge in [0, 0.05) is 37.6 Å². The zero-order chi connectivity index (χ0) is 12.4. The first-order valence-corrected chi connectivity index (χ1v) is 5.88. The van der Waals surface area contributed by atoms with Crippen molar-refractivity contribution in [2.45, 2.75) is 6.54 Å². The zero-order valence-electron chi connectivity index (χ0n) is 10.2. The minimum atomic E-state index is 0.721. The van der Waals surface area contributed by atoms with Crippen LogP contribution in [0.1, 0.15) is 5.56 Å². The van der Waals surface area contributed by atoms with Crippen LogP contribution in [-0.2, 0) is 13.6 Å². The van der Waals surface area contributed by atoms with Gasteiger partial charge in [-0.15, -0.1) is 0 Å². The topological polar surface area (TPSA) is 42.7 Å². The van der Waals surface area contributed by atoms with Crippen LogP contribution >= 0.6 is 0 Å². The minimum absolute atomic E-state index is 0.721. The molecule has 0 aliphatic carbocycles. The van der Waals surface area contributed by atoms with Gasteiger partial charge in [-0.25, -0.2) is 4.98 Å². The summed E-state index contributed by atoms with van der Waals surface area (Å²) in [6.07, 6.45) is 5.53. The molecule has 0 saturated carbocycles. The quantitative estimate of drug-likeness (QED) is 0.762. The number of anilines is 1. The zero-order valence-corrected chi connectivity index (χ0v) is 10.2. The van der Waals surface area contributed by atoms with Gasteiger partial charge in [-0.1, -0.05) is 24.3 Å². The predicted molar refractivity (Wildman–Crippen MR) is 72.3 cm³/mol. The Bertz CT molecular complexity index is 667. The van der Waals surface area contributed by atoms with E-state index >= 15 is 0 Å². The summed E-state index contributed by atoms with van der Waals surface area (Å²) in [5, 5.41) is 4.48. The highest BCUT2D eigenvalue weighted by atomic mass is 15.2. The van der Waals surface area contributed by atoms with Gasteiger partial charge in [-0.2, -0.15) is 0 Å². The van der Waals surface area contributed by atoms with E-state index in [4.69, 9.17) is 0 Å². The van der Waals surface area contributed by atoms with Crippen molar-refractivity contribution in [2.24, 2.45) is 7.05 Å². The summed E-state index contributed by atoms with van der Waals surface area (Å²) >= 11 is 0. The Kier molecular flexibility index (Phi) is 2.68. The number of aryl methyl sites for hydroxylation is 1. The highest BCUT2D eigenvalue weighted by molar-refractivity contribution is 5.81. The number of rotatable bonds is 3. The maximum atomic E-state index is 4.44. The summed E-state index contributed by atoms with van der Waals surface area (Å²) in [7, 11) is 1.97. The fraction of sp³-hybridized carbons (Fsp3) is 0.143. The molecule has 1 N–H and O–H groups in total. The highest BCUT2D eigenvalue weighted by Gasteiger charge is 2.03. The molecule has 0 radical (unpaired) electrons. The van der Waals surface area contributed by atoms with Crippen molar-refractivity contribution in [1.82, 2.24) is 14.5 Å². The normalized spacial score (nSPS) is 10.7. The summed E-state index contributed by atoms with van der Waals surface area (Å²) < 4.78 is 1.96. The molecule has 3 rings (SSSR count). The molecule has 0 fully saturated rings. The van der Waals surface area contributed by atoms with Crippen molar-refractivity contribution in [3.8, 4) is 0 Å². The van der Waals surface area contributed by atoms with Crippen LogP contribution in [0.2, 0.25) is 0 Å². The van der Waals surface area contributed by atoms with E-state index in [-0.39, 0.29) is 0 Å². The Balaban J connectivity index is 1.89. The molecule has 0 aliphatic heterocycles. The van der Waals surface area contributed by atoms with E-state index in [1.54, 1.807) is 6.20 Å². The Morgan fingerprint density at radius 2 is 2.00 bits per heavy atom. The largest absolute Gasteiger partial charge is 0.352 e. The lowest BCUT2D eigenvalue weighted by Gasteiger charge is -2.08. The van der Waals surface area contributed by atoms with E-state index in [2.05, 4.69) is 39.6 Å². The van der Waals surface area contributed by atoms with E-state index in [1.165, 1.54) is 5.56 Å². The predicted octanol–water partition coefficient (Wildman–Crippen LogP) is 2.58. The Morgan fingerprint density at radius 1 is 1.11 bits per heavy atom. The molecule has 4 nitrogen and oxygen atoms in total. The third-order valence-corrected chi connectivity index (χ3v) is 2.97. The number of benzene rings is 1. The van der Waals surface area contributed by atoms with E-state index in [1.807, 2.05) is 30.1 Å². The number of hydrogen-bond acceptors (Lipinski definition) is 3. The number of fused-ring (bicyclic) bond motifs is 1. The number of nitrogens with zero attached hydrogens (tertiary/aromatic N) is 3.